The highest BCUT2D eigenvalue weighted by Crippen LogP contribution is 2.35. The zero-order valence-corrected chi connectivity index (χ0v) is 18.8. The standard InChI is InChI=1S/C23H29ClN2O2S/c1-16(2)14-25-10-7-18(8-11-25)28-22-13-17-15-26(12-9-21(17)29-22)23(27)19-5-3-4-6-20(19)24/h3-6,13,16,18H,7-12,14-15H2,1-2H3. The third-order valence-electron chi connectivity index (χ3n) is 5.68. The minimum absolute atomic E-state index is 0.00689. The van der Waals surface area contributed by atoms with Crippen LogP contribution in [0.4, 0.5) is 0 Å². The Morgan fingerprint density at radius 1 is 1.24 bits per heavy atom. The molecule has 4 nitrogen and oxygen atoms in total. The molecule has 6 heteroatoms. The third kappa shape index (κ3) is 4.96. The maximum atomic E-state index is 12.9. The Balaban J connectivity index is 1.35. The average Bonchev–Trinajstić information content (AvgIpc) is 3.10. The highest BCUT2D eigenvalue weighted by molar-refractivity contribution is 7.14. The Morgan fingerprint density at radius 2 is 2.00 bits per heavy atom. The van der Waals surface area contributed by atoms with E-state index in [1.807, 2.05) is 17.0 Å². The number of amides is 1. The average molecular weight is 433 g/mol. The molecule has 0 saturated carbocycles. The molecule has 0 bridgehead atoms. The smallest absolute Gasteiger partial charge is 0.255 e. The molecular weight excluding hydrogens is 404 g/mol. The number of hydrogen-bond acceptors (Lipinski definition) is 4. The second-order valence-corrected chi connectivity index (χ2v) is 9.99. The van der Waals surface area contributed by atoms with Gasteiger partial charge in [0, 0.05) is 37.6 Å². The molecule has 1 fully saturated rings. The van der Waals surface area contributed by atoms with Gasteiger partial charge in [0.1, 0.15) is 6.10 Å². The fraction of sp³-hybridized carbons (Fsp3) is 0.522. The van der Waals surface area contributed by atoms with Crippen molar-refractivity contribution in [1.82, 2.24) is 9.80 Å². The fourth-order valence-corrected chi connectivity index (χ4v) is 5.53. The molecule has 0 N–H and O–H groups in total. The van der Waals surface area contributed by atoms with Crippen LogP contribution >= 0.6 is 22.9 Å². The number of likely N-dealkylation sites (tertiary alicyclic amines) is 1. The summed E-state index contributed by atoms with van der Waals surface area (Å²) >= 11 is 7.97. The molecule has 2 aliphatic heterocycles. The van der Waals surface area contributed by atoms with Gasteiger partial charge < -0.3 is 14.5 Å². The van der Waals surface area contributed by atoms with E-state index in [4.69, 9.17) is 16.3 Å². The minimum Gasteiger partial charge on any atom is -0.481 e. The van der Waals surface area contributed by atoms with E-state index in [1.165, 1.54) is 17.0 Å². The summed E-state index contributed by atoms with van der Waals surface area (Å²) in [7, 11) is 0. The predicted octanol–water partition coefficient (Wildman–Crippen LogP) is 5.10. The lowest BCUT2D eigenvalue weighted by Gasteiger charge is -2.32. The molecule has 1 saturated heterocycles. The molecule has 3 heterocycles. The number of fused-ring (bicyclic) bond motifs is 1. The highest BCUT2D eigenvalue weighted by Gasteiger charge is 2.27. The normalized spacial score (nSPS) is 18.1. The molecule has 0 unspecified atom stereocenters. The van der Waals surface area contributed by atoms with Crippen LogP contribution < -0.4 is 4.74 Å². The first-order valence-corrected chi connectivity index (χ1v) is 11.7. The molecule has 156 valence electrons. The largest absolute Gasteiger partial charge is 0.481 e. The molecule has 1 amide bonds. The van der Waals surface area contributed by atoms with Gasteiger partial charge in [0.15, 0.2) is 5.06 Å². The fourth-order valence-electron chi connectivity index (χ4n) is 4.23. The van der Waals surface area contributed by atoms with Gasteiger partial charge in [0.25, 0.3) is 5.91 Å². The second-order valence-electron chi connectivity index (χ2n) is 8.48. The first kappa shape index (κ1) is 20.7. The van der Waals surface area contributed by atoms with E-state index < -0.39 is 0 Å². The SMILES string of the molecule is CC(C)CN1CCC(Oc2cc3c(s2)CCN(C(=O)c2ccccc2Cl)C3)CC1. The van der Waals surface area contributed by atoms with E-state index >= 15 is 0 Å². The first-order chi connectivity index (χ1) is 14.0. The Hall–Kier alpha value is -1.56. The van der Waals surface area contributed by atoms with Crippen molar-refractivity contribution in [3.05, 3.63) is 51.4 Å². The van der Waals surface area contributed by atoms with Crippen molar-refractivity contribution >= 4 is 28.8 Å². The lowest BCUT2D eigenvalue weighted by atomic mass is 10.1. The first-order valence-electron chi connectivity index (χ1n) is 10.5. The van der Waals surface area contributed by atoms with Gasteiger partial charge >= 0.3 is 0 Å². The van der Waals surface area contributed by atoms with Gasteiger partial charge in [-0.25, -0.2) is 0 Å². The summed E-state index contributed by atoms with van der Waals surface area (Å²) in [6.07, 6.45) is 3.37. The number of rotatable bonds is 5. The van der Waals surface area contributed by atoms with Crippen molar-refractivity contribution in [2.45, 2.75) is 45.8 Å². The van der Waals surface area contributed by atoms with Gasteiger partial charge in [-0.2, -0.15) is 0 Å². The molecule has 0 aliphatic carbocycles. The number of piperidine rings is 1. The van der Waals surface area contributed by atoms with E-state index in [0.717, 1.165) is 44.0 Å². The van der Waals surface area contributed by atoms with Crippen molar-refractivity contribution < 1.29 is 9.53 Å². The number of nitrogens with zero attached hydrogens (tertiary/aromatic N) is 2. The number of carbonyl (C=O) groups is 1. The summed E-state index contributed by atoms with van der Waals surface area (Å²) in [6, 6.07) is 9.43. The van der Waals surface area contributed by atoms with Crippen LogP contribution in [0.5, 0.6) is 5.06 Å². The summed E-state index contributed by atoms with van der Waals surface area (Å²) < 4.78 is 6.33. The molecule has 1 aromatic carbocycles. The maximum absolute atomic E-state index is 12.9. The lowest BCUT2D eigenvalue weighted by Crippen LogP contribution is -2.39. The van der Waals surface area contributed by atoms with Crippen molar-refractivity contribution in [1.29, 1.82) is 0 Å². The number of ether oxygens (including phenoxy) is 1. The van der Waals surface area contributed by atoms with Gasteiger partial charge in [-0.3, -0.25) is 4.79 Å². The quantitative estimate of drug-likeness (QED) is 0.658. The van der Waals surface area contributed by atoms with Crippen LogP contribution in [-0.2, 0) is 13.0 Å². The zero-order chi connectivity index (χ0) is 20.4. The molecule has 0 radical (unpaired) electrons. The summed E-state index contributed by atoms with van der Waals surface area (Å²) in [4.78, 5) is 18.7. The summed E-state index contributed by atoms with van der Waals surface area (Å²) in [5.41, 5.74) is 1.80. The molecule has 0 spiro atoms. The van der Waals surface area contributed by atoms with Gasteiger partial charge in [0.05, 0.1) is 10.6 Å². The van der Waals surface area contributed by atoms with Crippen LogP contribution in [0.1, 0.15) is 47.5 Å². The molecular formula is C23H29ClN2O2S. The van der Waals surface area contributed by atoms with Crippen molar-refractivity contribution in [2.24, 2.45) is 5.92 Å². The van der Waals surface area contributed by atoms with E-state index in [0.29, 0.717) is 29.2 Å². The molecule has 29 heavy (non-hydrogen) atoms. The van der Waals surface area contributed by atoms with E-state index in [-0.39, 0.29) is 5.91 Å². The van der Waals surface area contributed by atoms with Crippen molar-refractivity contribution in [2.75, 3.05) is 26.2 Å². The van der Waals surface area contributed by atoms with Crippen LogP contribution in [0.3, 0.4) is 0 Å². The summed E-state index contributed by atoms with van der Waals surface area (Å²) in [5, 5.41) is 1.52. The van der Waals surface area contributed by atoms with E-state index in [9.17, 15) is 4.79 Å². The van der Waals surface area contributed by atoms with Crippen LogP contribution in [-0.4, -0.2) is 48.0 Å². The van der Waals surface area contributed by atoms with Gasteiger partial charge in [0.2, 0.25) is 0 Å². The van der Waals surface area contributed by atoms with Crippen LogP contribution in [0.15, 0.2) is 30.3 Å². The molecule has 2 aliphatic rings. The van der Waals surface area contributed by atoms with Crippen molar-refractivity contribution in [3.63, 3.8) is 0 Å². The lowest BCUT2D eigenvalue weighted by molar-refractivity contribution is 0.0735. The Bertz CT molecular complexity index is 858. The third-order valence-corrected chi connectivity index (χ3v) is 7.13. The summed E-state index contributed by atoms with van der Waals surface area (Å²) in [6.45, 7) is 9.32. The van der Waals surface area contributed by atoms with E-state index in [1.54, 1.807) is 23.5 Å². The molecule has 2 aromatic rings. The number of thiophene rings is 1. The number of hydrogen-bond donors (Lipinski definition) is 0. The molecule has 4 rings (SSSR count). The molecule has 0 atom stereocenters. The van der Waals surface area contributed by atoms with E-state index in [2.05, 4.69) is 24.8 Å². The molecule has 1 aromatic heterocycles. The second kappa shape index (κ2) is 9.07. The topological polar surface area (TPSA) is 32.8 Å². The highest BCUT2D eigenvalue weighted by atomic mass is 35.5. The van der Waals surface area contributed by atoms with Gasteiger partial charge in [-0.05, 0) is 48.9 Å². The number of benzene rings is 1. The Morgan fingerprint density at radius 3 is 2.72 bits per heavy atom. The van der Waals surface area contributed by atoms with Crippen LogP contribution in [0.2, 0.25) is 5.02 Å². The maximum Gasteiger partial charge on any atom is 0.255 e. The van der Waals surface area contributed by atoms with Crippen LogP contribution in [0.25, 0.3) is 0 Å². The zero-order valence-electron chi connectivity index (χ0n) is 17.2. The minimum atomic E-state index is 0.00689. The van der Waals surface area contributed by atoms with Gasteiger partial charge in [-0.1, -0.05) is 37.6 Å². The monoisotopic (exact) mass is 432 g/mol. The number of carbonyl (C=O) groups excluding carboxylic acids is 1. The Kier molecular flexibility index (Phi) is 6.47. The van der Waals surface area contributed by atoms with Crippen LogP contribution in [0, 0.1) is 5.92 Å². The van der Waals surface area contributed by atoms with Crippen molar-refractivity contribution in [3.8, 4) is 5.06 Å². The Labute approximate surface area is 182 Å². The predicted molar refractivity (Wildman–Crippen MR) is 119 cm³/mol. The van der Waals surface area contributed by atoms with Gasteiger partial charge in [-0.15, -0.1) is 11.3 Å². The number of halogens is 1. The summed E-state index contributed by atoms with van der Waals surface area (Å²) in [5.74, 6) is 0.723.